The SMILES string of the molecule is Nc1nc(Sc2ncccc2Br)c2[nH]cnc2n1. The number of nitrogen functional groups attached to an aromatic ring is 1. The van der Waals surface area contributed by atoms with Gasteiger partial charge in [-0.2, -0.15) is 4.98 Å². The summed E-state index contributed by atoms with van der Waals surface area (Å²) in [5.41, 5.74) is 6.96. The van der Waals surface area contributed by atoms with Gasteiger partial charge in [0.1, 0.15) is 15.6 Å². The third-order valence-corrected chi connectivity index (χ3v) is 4.10. The highest BCUT2D eigenvalue weighted by Gasteiger charge is 2.12. The molecule has 8 heteroatoms. The van der Waals surface area contributed by atoms with Crippen molar-refractivity contribution in [1.29, 1.82) is 0 Å². The lowest BCUT2D eigenvalue weighted by Crippen LogP contribution is -1.97. The quantitative estimate of drug-likeness (QED) is 0.703. The molecule has 18 heavy (non-hydrogen) atoms. The molecule has 0 radical (unpaired) electrons. The number of fused-ring (bicyclic) bond motifs is 1. The molecule has 0 aromatic carbocycles. The van der Waals surface area contributed by atoms with Gasteiger partial charge >= 0.3 is 0 Å². The van der Waals surface area contributed by atoms with Gasteiger partial charge in [0.15, 0.2) is 5.65 Å². The Balaban J connectivity index is 2.10. The van der Waals surface area contributed by atoms with Crippen LogP contribution in [0.15, 0.2) is 39.2 Å². The van der Waals surface area contributed by atoms with Gasteiger partial charge in [-0.05, 0) is 39.8 Å². The van der Waals surface area contributed by atoms with Crippen molar-refractivity contribution in [2.24, 2.45) is 0 Å². The minimum absolute atomic E-state index is 0.198. The van der Waals surface area contributed by atoms with E-state index in [-0.39, 0.29) is 5.95 Å². The van der Waals surface area contributed by atoms with Crippen LogP contribution in [0, 0.1) is 0 Å². The Kier molecular flexibility index (Phi) is 2.88. The van der Waals surface area contributed by atoms with Crippen LogP contribution in [-0.4, -0.2) is 24.9 Å². The highest BCUT2D eigenvalue weighted by molar-refractivity contribution is 9.10. The van der Waals surface area contributed by atoms with Crippen molar-refractivity contribution in [3.63, 3.8) is 0 Å². The van der Waals surface area contributed by atoms with Crippen LogP contribution in [0.3, 0.4) is 0 Å². The highest BCUT2D eigenvalue weighted by atomic mass is 79.9. The highest BCUT2D eigenvalue weighted by Crippen LogP contribution is 2.33. The number of hydrogen-bond acceptors (Lipinski definition) is 6. The molecule has 0 aliphatic heterocycles. The molecule has 6 nitrogen and oxygen atoms in total. The molecule has 0 amide bonds. The minimum atomic E-state index is 0.198. The maximum absolute atomic E-state index is 5.65. The van der Waals surface area contributed by atoms with Crippen molar-refractivity contribution >= 4 is 44.8 Å². The van der Waals surface area contributed by atoms with Gasteiger partial charge < -0.3 is 10.7 Å². The van der Waals surface area contributed by atoms with Crippen molar-refractivity contribution in [3.05, 3.63) is 29.1 Å². The standard InChI is InChI=1S/C10H7BrN6S/c11-5-2-1-3-13-8(5)18-9-6-7(15-4-14-6)16-10(12)17-9/h1-4H,(H3,12,14,15,16,17). The Labute approximate surface area is 115 Å². The first-order valence-electron chi connectivity index (χ1n) is 4.99. The van der Waals surface area contributed by atoms with Gasteiger partial charge in [-0.15, -0.1) is 0 Å². The molecule has 3 N–H and O–H groups in total. The van der Waals surface area contributed by atoms with Crippen LogP contribution in [0.5, 0.6) is 0 Å². The second kappa shape index (κ2) is 4.54. The maximum Gasteiger partial charge on any atom is 0.223 e. The van der Waals surface area contributed by atoms with Crippen molar-refractivity contribution in [2.45, 2.75) is 10.1 Å². The van der Waals surface area contributed by atoms with Crippen molar-refractivity contribution < 1.29 is 0 Å². The summed E-state index contributed by atoms with van der Waals surface area (Å²) in [6.07, 6.45) is 3.29. The average Bonchev–Trinajstić information content (AvgIpc) is 2.80. The van der Waals surface area contributed by atoms with E-state index in [1.54, 1.807) is 12.5 Å². The maximum atomic E-state index is 5.65. The Morgan fingerprint density at radius 3 is 2.94 bits per heavy atom. The van der Waals surface area contributed by atoms with Gasteiger partial charge in [0, 0.05) is 6.20 Å². The van der Waals surface area contributed by atoms with E-state index in [9.17, 15) is 0 Å². The van der Waals surface area contributed by atoms with Gasteiger partial charge in [-0.1, -0.05) is 0 Å². The molecule has 0 spiro atoms. The van der Waals surface area contributed by atoms with E-state index in [1.807, 2.05) is 12.1 Å². The van der Waals surface area contributed by atoms with Crippen LogP contribution in [0.4, 0.5) is 5.95 Å². The number of anilines is 1. The van der Waals surface area contributed by atoms with E-state index in [0.29, 0.717) is 10.7 Å². The number of pyridine rings is 1. The monoisotopic (exact) mass is 322 g/mol. The molecule has 3 aromatic heterocycles. The van der Waals surface area contributed by atoms with E-state index < -0.39 is 0 Å². The summed E-state index contributed by atoms with van der Waals surface area (Å²) in [5.74, 6) is 0.198. The van der Waals surface area contributed by atoms with Crippen LogP contribution in [0.1, 0.15) is 0 Å². The molecular weight excluding hydrogens is 316 g/mol. The predicted octanol–water partition coefficient (Wildman–Crippen LogP) is 2.24. The van der Waals surface area contributed by atoms with E-state index in [2.05, 4.69) is 40.8 Å². The second-order valence-corrected chi connectivity index (χ2v) is 5.21. The topological polar surface area (TPSA) is 93.4 Å². The predicted molar refractivity (Wildman–Crippen MR) is 72.2 cm³/mol. The Hall–Kier alpha value is -1.67. The molecule has 90 valence electrons. The molecule has 0 saturated carbocycles. The molecule has 0 saturated heterocycles. The molecule has 3 rings (SSSR count). The lowest BCUT2D eigenvalue weighted by molar-refractivity contribution is 1.07. The fraction of sp³-hybridized carbons (Fsp3) is 0. The smallest absolute Gasteiger partial charge is 0.223 e. The van der Waals surface area contributed by atoms with Crippen molar-refractivity contribution in [2.75, 3.05) is 5.73 Å². The Morgan fingerprint density at radius 1 is 1.22 bits per heavy atom. The van der Waals surface area contributed by atoms with Crippen LogP contribution < -0.4 is 5.73 Å². The first-order valence-corrected chi connectivity index (χ1v) is 6.60. The zero-order valence-corrected chi connectivity index (χ0v) is 11.4. The molecule has 0 fully saturated rings. The fourth-order valence-electron chi connectivity index (χ4n) is 1.43. The first-order chi connectivity index (χ1) is 8.74. The molecule has 0 aliphatic rings. The number of aromatic amines is 1. The van der Waals surface area contributed by atoms with E-state index >= 15 is 0 Å². The summed E-state index contributed by atoms with van der Waals surface area (Å²) in [7, 11) is 0. The second-order valence-electron chi connectivity index (χ2n) is 3.38. The van der Waals surface area contributed by atoms with E-state index in [0.717, 1.165) is 15.0 Å². The number of H-pyrrole nitrogens is 1. The van der Waals surface area contributed by atoms with Gasteiger partial charge in [0.25, 0.3) is 0 Å². The van der Waals surface area contributed by atoms with Gasteiger partial charge in [0.2, 0.25) is 5.95 Å². The fourth-order valence-corrected chi connectivity index (χ4v) is 2.79. The van der Waals surface area contributed by atoms with Crippen LogP contribution in [0.2, 0.25) is 0 Å². The summed E-state index contributed by atoms with van der Waals surface area (Å²) >= 11 is 4.85. The number of hydrogen-bond donors (Lipinski definition) is 2. The number of nitrogens with zero attached hydrogens (tertiary/aromatic N) is 4. The molecule has 3 aromatic rings. The molecular formula is C10H7BrN6S. The van der Waals surface area contributed by atoms with Gasteiger partial charge in [-0.3, -0.25) is 0 Å². The number of rotatable bonds is 2. The normalized spacial score (nSPS) is 10.9. The van der Waals surface area contributed by atoms with Gasteiger partial charge in [-0.25, -0.2) is 15.0 Å². The van der Waals surface area contributed by atoms with E-state index in [1.165, 1.54) is 11.8 Å². The minimum Gasteiger partial charge on any atom is -0.368 e. The number of aromatic nitrogens is 5. The van der Waals surface area contributed by atoms with Crippen LogP contribution in [-0.2, 0) is 0 Å². The van der Waals surface area contributed by atoms with E-state index in [4.69, 9.17) is 5.73 Å². The summed E-state index contributed by atoms with van der Waals surface area (Å²) in [6, 6.07) is 3.78. The molecule has 0 aliphatic carbocycles. The summed E-state index contributed by atoms with van der Waals surface area (Å²) in [6.45, 7) is 0. The lowest BCUT2D eigenvalue weighted by Gasteiger charge is -2.03. The zero-order chi connectivity index (χ0) is 12.5. The number of halogens is 1. The summed E-state index contributed by atoms with van der Waals surface area (Å²) < 4.78 is 0.903. The number of imidazole rings is 1. The molecule has 3 heterocycles. The zero-order valence-electron chi connectivity index (χ0n) is 8.96. The summed E-state index contributed by atoms with van der Waals surface area (Å²) in [5, 5.41) is 1.51. The third kappa shape index (κ3) is 2.04. The van der Waals surface area contributed by atoms with Crippen LogP contribution in [0.25, 0.3) is 11.2 Å². The lowest BCUT2D eigenvalue weighted by atomic mass is 10.5. The molecule has 0 unspecified atom stereocenters. The summed E-state index contributed by atoms with van der Waals surface area (Å²) in [4.78, 5) is 19.6. The van der Waals surface area contributed by atoms with Crippen LogP contribution >= 0.6 is 27.7 Å². The molecule has 0 atom stereocenters. The van der Waals surface area contributed by atoms with Crippen molar-refractivity contribution in [1.82, 2.24) is 24.9 Å². The Morgan fingerprint density at radius 2 is 2.11 bits per heavy atom. The van der Waals surface area contributed by atoms with Gasteiger partial charge in [0.05, 0.1) is 10.8 Å². The Bertz CT molecular complexity index is 712. The third-order valence-electron chi connectivity index (χ3n) is 2.19. The van der Waals surface area contributed by atoms with Crippen molar-refractivity contribution in [3.8, 4) is 0 Å². The largest absolute Gasteiger partial charge is 0.368 e. The average molecular weight is 323 g/mol. The number of nitrogens with one attached hydrogen (secondary N) is 1. The number of nitrogens with two attached hydrogens (primary N) is 1. The molecule has 0 bridgehead atoms. The first kappa shape index (κ1) is 11.4.